The van der Waals surface area contributed by atoms with Gasteiger partial charge in [-0.1, -0.05) is 79.4 Å². The van der Waals surface area contributed by atoms with Gasteiger partial charge in [-0.3, -0.25) is 0 Å². The Hall–Kier alpha value is -4.05. The maximum absolute atomic E-state index is 6.22. The SMILES string of the molecule is C=Cc1ccc(OC(C)C)cc1-c1ccc(OCc2ccccc2)nc1OCc1ccccc1. The molecule has 3 aromatic carbocycles. The third-order valence-electron chi connectivity index (χ3n) is 5.19. The Labute approximate surface area is 201 Å². The summed E-state index contributed by atoms with van der Waals surface area (Å²) in [6.07, 6.45) is 1.90. The van der Waals surface area contributed by atoms with Crippen molar-refractivity contribution in [2.45, 2.75) is 33.2 Å². The molecule has 4 aromatic rings. The molecule has 0 fully saturated rings. The Morgan fingerprint density at radius 2 is 1.41 bits per heavy atom. The van der Waals surface area contributed by atoms with Crippen molar-refractivity contribution in [1.82, 2.24) is 4.98 Å². The first-order valence-electron chi connectivity index (χ1n) is 11.4. The van der Waals surface area contributed by atoms with Crippen molar-refractivity contribution in [2.75, 3.05) is 0 Å². The van der Waals surface area contributed by atoms with E-state index in [1.165, 1.54) is 0 Å². The average molecular weight is 452 g/mol. The van der Waals surface area contributed by atoms with Crippen molar-refractivity contribution in [2.24, 2.45) is 0 Å². The Morgan fingerprint density at radius 1 is 0.765 bits per heavy atom. The van der Waals surface area contributed by atoms with E-state index < -0.39 is 0 Å². The molecule has 172 valence electrons. The molecule has 0 aliphatic carbocycles. The minimum absolute atomic E-state index is 0.0723. The molecule has 0 spiro atoms. The molecule has 0 bridgehead atoms. The van der Waals surface area contributed by atoms with Crippen molar-refractivity contribution in [3.63, 3.8) is 0 Å². The Kier molecular flexibility index (Phi) is 7.61. The lowest BCUT2D eigenvalue weighted by Crippen LogP contribution is -2.06. The molecule has 4 rings (SSSR count). The number of hydrogen-bond donors (Lipinski definition) is 0. The largest absolute Gasteiger partial charge is 0.491 e. The number of hydrogen-bond acceptors (Lipinski definition) is 4. The zero-order valence-corrected chi connectivity index (χ0v) is 19.6. The fraction of sp³-hybridized carbons (Fsp3) is 0.167. The lowest BCUT2D eigenvalue weighted by molar-refractivity contribution is 0.242. The molecule has 0 unspecified atom stereocenters. The number of rotatable bonds is 10. The Morgan fingerprint density at radius 3 is 2.03 bits per heavy atom. The summed E-state index contributed by atoms with van der Waals surface area (Å²) in [4.78, 5) is 4.73. The Bertz CT molecular complexity index is 1220. The maximum atomic E-state index is 6.22. The van der Waals surface area contributed by atoms with E-state index in [9.17, 15) is 0 Å². The molecule has 0 N–H and O–H groups in total. The van der Waals surface area contributed by atoms with Crippen LogP contribution in [0, 0.1) is 0 Å². The van der Waals surface area contributed by atoms with E-state index in [2.05, 4.69) is 6.58 Å². The summed E-state index contributed by atoms with van der Waals surface area (Å²) in [5.74, 6) is 1.79. The van der Waals surface area contributed by atoms with Gasteiger partial charge in [0, 0.05) is 11.6 Å². The van der Waals surface area contributed by atoms with Crippen LogP contribution in [0.25, 0.3) is 17.2 Å². The maximum Gasteiger partial charge on any atom is 0.225 e. The summed E-state index contributed by atoms with van der Waals surface area (Å²) in [7, 11) is 0. The van der Waals surface area contributed by atoms with E-state index in [1.54, 1.807) is 0 Å². The van der Waals surface area contributed by atoms with Gasteiger partial charge >= 0.3 is 0 Å². The molecule has 1 aromatic heterocycles. The van der Waals surface area contributed by atoms with E-state index in [1.807, 2.05) is 111 Å². The summed E-state index contributed by atoms with van der Waals surface area (Å²) in [6.45, 7) is 8.83. The second kappa shape index (κ2) is 11.2. The highest BCUT2D eigenvalue weighted by atomic mass is 16.5. The highest BCUT2D eigenvalue weighted by Crippen LogP contribution is 2.36. The molecule has 4 nitrogen and oxygen atoms in total. The lowest BCUT2D eigenvalue weighted by atomic mass is 10.00. The van der Waals surface area contributed by atoms with E-state index in [4.69, 9.17) is 19.2 Å². The van der Waals surface area contributed by atoms with Crippen molar-refractivity contribution in [1.29, 1.82) is 0 Å². The third kappa shape index (κ3) is 6.04. The van der Waals surface area contributed by atoms with Gasteiger partial charge in [-0.15, -0.1) is 0 Å². The van der Waals surface area contributed by atoms with Crippen LogP contribution < -0.4 is 14.2 Å². The monoisotopic (exact) mass is 451 g/mol. The molecule has 0 atom stereocenters. The summed E-state index contributed by atoms with van der Waals surface area (Å²) in [5.41, 5.74) is 4.91. The van der Waals surface area contributed by atoms with Crippen molar-refractivity contribution >= 4 is 6.08 Å². The fourth-order valence-electron chi connectivity index (χ4n) is 3.57. The highest BCUT2D eigenvalue weighted by molar-refractivity contribution is 5.79. The first-order chi connectivity index (χ1) is 16.6. The second-order valence-electron chi connectivity index (χ2n) is 8.17. The van der Waals surface area contributed by atoms with Gasteiger partial charge in [0.25, 0.3) is 0 Å². The topological polar surface area (TPSA) is 40.6 Å². The van der Waals surface area contributed by atoms with Gasteiger partial charge in [0.05, 0.1) is 6.10 Å². The minimum Gasteiger partial charge on any atom is -0.491 e. The molecule has 0 saturated heterocycles. The molecular formula is C30H29NO3. The molecule has 0 saturated carbocycles. The molecule has 1 heterocycles. The van der Waals surface area contributed by atoms with Gasteiger partial charge in [-0.05, 0) is 54.3 Å². The van der Waals surface area contributed by atoms with Crippen molar-refractivity contribution in [3.05, 3.63) is 114 Å². The van der Waals surface area contributed by atoms with Crippen LogP contribution in [0.1, 0.15) is 30.5 Å². The van der Waals surface area contributed by atoms with Crippen LogP contribution >= 0.6 is 0 Å². The van der Waals surface area contributed by atoms with E-state index in [0.29, 0.717) is 25.0 Å². The standard InChI is InChI=1S/C30H29NO3/c1-4-25-15-16-26(34-22(2)3)19-28(25)27-17-18-29(32-20-23-11-7-5-8-12-23)31-30(27)33-21-24-13-9-6-10-14-24/h4-19,22H,1,20-21H2,2-3H3. The van der Waals surface area contributed by atoms with Gasteiger partial charge in [-0.25, -0.2) is 0 Å². The van der Waals surface area contributed by atoms with Gasteiger partial charge in [-0.2, -0.15) is 4.98 Å². The summed E-state index contributed by atoms with van der Waals surface area (Å²) >= 11 is 0. The number of aromatic nitrogens is 1. The number of benzene rings is 3. The summed E-state index contributed by atoms with van der Waals surface area (Å²) < 4.78 is 18.1. The smallest absolute Gasteiger partial charge is 0.225 e. The molecule has 34 heavy (non-hydrogen) atoms. The average Bonchev–Trinajstić information content (AvgIpc) is 2.87. The molecule has 0 aliphatic heterocycles. The molecule has 0 aliphatic rings. The first-order valence-corrected chi connectivity index (χ1v) is 11.4. The van der Waals surface area contributed by atoms with Crippen LogP contribution in [0.3, 0.4) is 0 Å². The summed E-state index contributed by atoms with van der Waals surface area (Å²) in [5, 5.41) is 0. The minimum atomic E-state index is 0.0723. The van der Waals surface area contributed by atoms with E-state index >= 15 is 0 Å². The molecule has 0 amide bonds. The van der Waals surface area contributed by atoms with Crippen LogP contribution in [0.5, 0.6) is 17.5 Å². The predicted octanol–water partition coefficient (Wildman–Crippen LogP) is 7.34. The van der Waals surface area contributed by atoms with Gasteiger partial charge in [0.2, 0.25) is 11.8 Å². The summed E-state index contributed by atoms with van der Waals surface area (Å²) in [6, 6.07) is 29.9. The van der Waals surface area contributed by atoms with Gasteiger partial charge in [0.15, 0.2) is 0 Å². The number of pyridine rings is 1. The number of ether oxygens (including phenoxy) is 3. The van der Waals surface area contributed by atoms with Gasteiger partial charge < -0.3 is 14.2 Å². The third-order valence-corrected chi connectivity index (χ3v) is 5.19. The molecular weight excluding hydrogens is 422 g/mol. The lowest BCUT2D eigenvalue weighted by Gasteiger charge is -2.16. The first kappa shape index (κ1) is 23.1. The Balaban J connectivity index is 1.68. The normalized spacial score (nSPS) is 10.7. The van der Waals surface area contributed by atoms with Crippen LogP contribution in [0.2, 0.25) is 0 Å². The van der Waals surface area contributed by atoms with Crippen LogP contribution in [0.4, 0.5) is 0 Å². The predicted molar refractivity (Wildman–Crippen MR) is 137 cm³/mol. The zero-order chi connectivity index (χ0) is 23.8. The van der Waals surface area contributed by atoms with E-state index in [0.717, 1.165) is 33.6 Å². The van der Waals surface area contributed by atoms with Crippen LogP contribution in [-0.4, -0.2) is 11.1 Å². The van der Waals surface area contributed by atoms with Crippen LogP contribution in [0.15, 0.2) is 97.6 Å². The van der Waals surface area contributed by atoms with Crippen molar-refractivity contribution in [3.8, 4) is 28.6 Å². The van der Waals surface area contributed by atoms with E-state index in [-0.39, 0.29) is 6.10 Å². The zero-order valence-electron chi connectivity index (χ0n) is 19.6. The fourth-order valence-corrected chi connectivity index (χ4v) is 3.57. The van der Waals surface area contributed by atoms with Crippen LogP contribution in [-0.2, 0) is 13.2 Å². The van der Waals surface area contributed by atoms with Crippen molar-refractivity contribution < 1.29 is 14.2 Å². The van der Waals surface area contributed by atoms with Gasteiger partial charge in [0.1, 0.15) is 19.0 Å². The highest BCUT2D eigenvalue weighted by Gasteiger charge is 2.15. The molecule has 4 heteroatoms. The quantitative estimate of drug-likeness (QED) is 0.253. The number of nitrogens with zero attached hydrogens (tertiary/aromatic N) is 1. The molecule has 0 radical (unpaired) electrons. The second-order valence-corrected chi connectivity index (χ2v) is 8.17.